The Balaban J connectivity index is 1.95. The Morgan fingerprint density at radius 3 is 2.35 bits per heavy atom. The van der Waals surface area contributed by atoms with Crippen molar-refractivity contribution in [2.45, 2.75) is 89.9 Å². The van der Waals surface area contributed by atoms with Crippen LogP contribution in [0.1, 0.15) is 89.4 Å². The lowest BCUT2D eigenvalue weighted by atomic mass is 9.70. The predicted molar refractivity (Wildman–Crippen MR) is 94.0 cm³/mol. The van der Waals surface area contributed by atoms with Gasteiger partial charge in [0.2, 0.25) is 0 Å². The molecule has 1 aliphatic carbocycles. The maximum Gasteiger partial charge on any atom is 0.148 e. The smallest absolute Gasteiger partial charge is 0.148 e. The van der Waals surface area contributed by atoms with Gasteiger partial charge in [-0.15, -0.1) is 0 Å². The van der Waals surface area contributed by atoms with Crippen LogP contribution in [0.4, 0.5) is 0 Å². The van der Waals surface area contributed by atoms with Crippen LogP contribution < -0.4 is 0 Å². The molecule has 0 radical (unpaired) electrons. The van der Waals surface area contributed by atoms with Crippen LogP contribution in [0.5, 0.6) is 0 Å². The van der Waals surface area contributed by atoms with Crippen molar-refractivity contribution >= 4 is 0 Å². The molecule has 3 nitrogen and oxygen atoms in total. The number of nitriles is 1. The fourth-order valence-electron chi connectivity index (χ4n) is 3.74. The summed E-state index contributed by atoms with van der Waals surface area (Å²) in [5.41, 5.74) is 0.767. The van der Waals surface area contributed by atoms with E-state index >= 15 is 0 Å². The number of aryl methyl sites for hydroxylation is 1. The molecule has 1 saturated carbocycles. The largest absolute Gasteiger partial charge is 0.239 e. The molecule has 2 rings (SSSR count). The van der Waals surface area contributed by atoms with Gasteiger partial charge in [0.05, 0.1) is 6.07 Å². The minimum absolute atomic E-state index is 0.440. The summed E-state index contributed by atoms with van der Waals surface area (Å²) in [7, 11) is 0. The molecule has 0 aliphatic heterocycles. The highest BCUT2D eigenvalue weighted by molar-refractivity contribution is 5.22. The van der Waals surface area contributed by atoms with E-state index in [1.165, 1.54) is 44.1 Å². The molecule has 3 heteroatoms. The van der Waals surface area contributed by atoms with E-state index in [0.717, 1.165) is 43.8 Å². The number of nitrogens with zero attached hydrogens (tertiary/aromatic N) is 3. The summed E-state index contributed by atoms with van der Waals surface area (Å²) in [5.74, 6) is 1.55. The Hall–Kier alpha value is -1.43. The number of unbranched alkanes of at least 4 members (excludes halogenated alkanes) is 3. The lowest BCUT2D eigenvalue weighted by Gasteiger charge is -2.33. The zero-order valence-corrected chi connectivity index (χ0v) is 14.9. The highest BCUT2D eigenvalue weighted by Crippen LogP contribution is 2.41. The van der Waals surface area contributed by atoms with Crippen molar-refractivity contribution < 1.29 is 0 Å². The predicted octanol–water partition coefficient (Wildman–Crippen LogP) is 5.35. The van der Waals surface area contributed by atoms with Crippen molar-refractivity contribution in [3.8, 4) is 6.07 Å². The van der Waals surface area contributed by atoms with E-state index in [9.17, 15) is 5.26 Å². The van der Waals surface area contributed by atoms with Gasteiger partial charge >= 0.3 is 0 Å². The summed E-state index contributed by atoms with van der Waals surface area (Å²) < 4.78 is 0. The third-order valence-corrected chi connectivity index (χ3v) is 5.32. The first kappa shape index (κ1) is 17.9. The summed E-state index contributed by atoms with van der Waals surface area (Å²) in [6.45, 7) is 4.48. The second kappa shape index (κ2) is 9.01. The van der Waals surface area contributed by atoms with Crippen LogP contribution in [0.25, 0.3) is 0 Å². The van der Waals surface area contributed by atoms with Crippen LogP contribution in [0.15, 0.2) is 12.4 Å². The van der Waals surface area contributed by atoms with Crippen LogP contribution in [0.2, 0.25) is 0 Å². The van der Waals surface area contributed by atoms with Crippen molar-refractivity contribution in [1.29, 1.82) is 5.26 Å². The van der Waals surface area contributed by atoms with Gasteiger partial charge in [0.25, 0.3) is 0 Å². The zero-order chi connectivity index (χ0) is 16.5. The standard InChI is InChI=1S/C20H31N3/c1-3-5-6-7-9-18-14-22-19(23-15-18)20(16-21)12-10-17(8-4-2)11-13-20/h14-15,17H,3-13H2,1-2H3/t17-,20+. The quantitative estimate of drug-likeness (QED) is 0.608. The lowest BCUT2D eigenvalue weighted by Crippen LogP contribution is -2.32. The third-order valence-electron chi connectivity index (χ3n) is 5.32. The van der Waals surface area contributed by atoms with Gasteiger partial charge in [-0.05, 0) is 50.0 Å². The van der Waals surface area contributed by atoms with E-state index in [4.69, 9.17) is 0 Å². The maximum atomic E-state index is 9.75. The van der Waals surface area contributed by atoms with Crippen molar-refractivity contribution in [3.05, 3.63) is 23.8 Å². The van der Waals surface area contributed by atoms with Crippen LogP contribution in [-0.4, -0.2) is 9.97 Å². The molecule has 1 aromatic heterocycles. The van der Waals surface area contributed by atoms with E-state index in [2.05, 4.69) is 29.9 Å². The van der Waals surface area contributed by atoms with Gasteiger partial charge in [0.15, 0.2) is 0 Å². The first-order chi connectivity index (χ1) is 11.2. The number of hydrogen-bond acceptors (Lipinski definition) is 3. The molecule has 0 unspecified atom stereocenters. The monoisotopic (exact) mass is 313 g/mol. The Bertz CT molecular complexity index is 493. The first-order valence-electron chi connectivity index (χ1n) is 9.46. The molecule has 126 valence electrons. The third kappa shape index (κ3) is 4.77. The molecule has 23 heavy (non-hydrogen) atoms. The van der Waals surface area contributed by atoms with Gasteiger partial charge < -0.3 is 0 Å². The van der Waals surface area contributed by atoms with E-state index in [-0.39, 0.29) is 0 Å². The molecule has 0 aromatic carbocycles. The summed E-state index contributed by atoms with van der Waals surface area (Å²) >= 11 is 0. The molecule has 0 saturated heterocycles. The fraction of sp³-hybridized carbons (Fsp3) is 0.750. The Labute approximate surface area is 141 Å². The average Bonchev–Trinajstić information content (AvgIpc) is 2.60. The van der Waals surface area contributed by atoms with Gasteiger partial charge in [-0.25, -0.2) is 9.97 Å². The summed E-state index contributed by atoms with van der Waals surface area (Å²) in [4.78, 5) is 9.16. The Morgan fingerprint density at radius 2 is 1.78 bits per heavy atom. The molecule has 0 atom stereocenters. The Morgan fingerprint density at radius 1 is 1.09 bits per heavy atom. The molecule has 1 heterocycles. The van der Waals surface area contributed by atoms with Crippen LogP contribution in [0.3, 0.4) is 0 Å². The van der Waals surface area contributed by atoms with E-state index < -0.39 is 5.41 Å². The molecule has 1 aromatic rings. The average molecular weight is 313 g/mol. The topological polar surface area (TPSA) is 49.6 Å². The highest BCUT2D eigenvalue weighted by atomic mass is 14.9. The Kier molecular flexibility index (Phi) is 7.02. The van der Waals surface area contributed by atoms with Gasteiger partial charge in [-0.2, -0.15) is 5.26 Å². The normalized spacial score (nSPS) is 24.3. The second-order valence-corrected chi connectivity index (χ2v) is 7.15. The number of rotatable bonds is 8. The molecule has 1 fully saturated rings. The second-order valence-electron chi connectivity index (χ2n) is 7.15. The minimum Gasteiger partial charge on any atom is -0.239 e. The fourth-order valence-corrected chi connectivity index (χ4v) is 3.74. The van der Waals surface area contributed by atoms with E-state index in [0.29, 0.717) is 0 Å². The van der Waals surface area contributed by atoms with E-state index in [1.807, 2.05) is 12.4 Å². The van der Waals surface area contributed by atoms with Gasteiger partial charge in [0, 0.05) is 12.4 Å². The molecule has 0 bridgehead atoms. The molecular formula is C20H31N3. The molecule has 0 N–H and O–H groups in total. The van der Waals surface area contributed by atoms with Crippen LogP contribution >= 0.6 is 0 Å². The zero-order valence-electron chi connectivity index (χ0n) is 14.9. The lowest BCUT2D eigenvalue weighted by molar-refractivity contribution is 0.257. The number of hydrogen-bond donors (Lipinski definition) is 0. The maximum absolute atomic E-state index is 9.75. The van der Waals surface area contributed by atoms with Gasteiger partial charge in [0.1, 0.15) is 11.2 Å². The summed E-state index contributed by atoms with van der Waals surface area (Å²) in [5, 5.41) is 9.75. The number of aromatic nitrogens is 2. The van der Waals surface area contributed by atoms with Crippen LogP contribution in [0, 0.1) is 17.2 Å². The van der Waals surface area contributed by atoms with Crippen molar-refractivity contribution in [3.63, 3.8) is 0 Å². The molecule has 0 amide bonds. The molecular weight excluding hydrogens is 282 g/mol. The summed E-state index contributed by atoms with van der Waals surface area (Å²) in [6, 6.07) is 2.55. The van der Waals surface area contributed by atoms with Crippen LogP contribution in [-0.2, 0) is 11.8 Å². The first-order valence-corrected chi connectivity index (χ1v) is 9.46. The van der Waals surface area contributed by atoms with Gasteiger partial charge in [-0.3, -0.25) is 0 Å². The van der Waals surface area contributed by atoms with Gasteiger partial charge in [-0.1, -0.05) is 46.0 Å². The minimum atomic E-state index is -0.440. The van der Waals surface area contributed by atoms with Crippen molar-refractivity contribution in [2.75, 3.05) is 0 Å². The van der Waals surface area contributed by atoms with E-state index in [1.54, 1.807) is 0 Å². The SMILES string of the molecule is CCCCCCc1cnc([C@]2(C#N)CC[C@H](CCC)CC2)nc1. The van der Waals surface area contributed by atoms with Crippen molar-refractivity contribution in [2.24, 2.45) is 5.92 Å². The van der Waals surface area contributed by atoms with Crippen molar-refractivity contribution in [1.82, 2.24) is 9.97 Å². The highest BCUT2D eigenvalue weighted by Gasteiger charge is 2.39. The summed E-state index contributed by atoms with van der Waals surface area (Å²) in [6.07, 6.45) is 16.7. The molecule has 0 spiro atoms. The molecule has 1 aliphatic rings.